The molecule has 3 saturated heterocycles. The molecule has 192 valence electrons. The van der Waals surface area contributed by atoms with E-state index in [9.17, 15) is 4.79 Å². The van der Waals surface area contributed by atoms with Gasteiger partial charge in [-0.05, 0) is 56.3 Å². The highest BCUT2D eigenvalue weighted by atomic mass is 32.2. The summed E-state index contributed by atoms with van der Waals surface area (Å²) in [4.78, 5) is 28.2. The number of likely N-dealkylation sites (tertiary alicyclic amines) is 1. The number of rotatable bonds is 5. The van der Waals surface area contributed by atoms with Gasteiger partial charge in [0.25, 0.3) is 0 Å². The fraction of sp³-hybridized carbons (Fsp3) is 0.414. The number of piperidine rings is 1. The van der Waals surface area contributed by atoms with E-state index in [1.165, 1.54) is 70.7 Å². The summed E-state index contributed by atoms with van der Waals surface area (Å²) in [5, 5.41) is 0. The van der Waals surface area contributed by atoms with Gasteiger partial charge in [-0.1, -0.05) is 42.1 Å². The molecule has 1 atom stereocenters. The number of anilines is 2. The number of H-pyrrole nitrogens is 1. The minimum absolute atomic E-state index is 0.0623. The first-order chi connectivity index (χ1) is 18.2. The Hall–Kier alpha value is -2.39. The van der Waals surface area contributed by atoms with Crippen LogP contribution >= 0.6 is 23.5 Å². The summed E-state index contributed by atoms with van der Waals surface area (Å²) in [6.45, 7) is 7.92. The van der Waals surface area contributed by atoms with E-state index in [4.69, 9.17) is 4.74 Å². The number of hydrogen-bond donors (Lipinski definition) is 1. The van der Waals surface area contributed by atoms with Crippen LogP contribution in [0.2, 0.25) is 0 Å². The van der Waals surface area contributed by atoms with Crippen LogP contribution in [0, 0.1) is 0 Å². The number of nitrogens with one attached hydrogen (secondary N) is 1. The van der Waals surface area contributed by atoms with Crippen LogP contribution < -0.4 is 15.4 Å². The zero-order valence-corrected chi connectivity index (χ0v) is 22.6. The monoisotopic (exact) mass is 532 g/mol. The van der Waals surface area contributed by atoms with Crippen molar-refractivity contribution >= 4 is 34.9 Å². The Morgan fingerprint density at radius 1 is 0.865 bits per heavy atom. The second-order valence-electron chi connectivity index (χ2n) is 10.4. The molecule has 0 spiro atoms. The van der Waals surface area contributed by atoms with E-state index in [0.717, 1.165) is 30.0 Å². The van der Waals surface area contributed by atoms with Gasteiger partial charge in [0.1, 0.15) is 0 Å². The van der Waals surface area contributed by atoms with Gasteiger partial charge >= 0.3 is 0 Å². The molecule has 4 aliphatic heterocycles. The molecule has 0 amide bonds. The van der Waals surface area contributed by atoms with Gasteiger partial charge in [-0.15, -0.1) is 0 Å². The number of fused-ring (bicyclic) bond motifs is 2. The van der Waals surface area contributed by atoms with Crippen LogP contribution in [0.4, 0.5) is 11.4 Å². The molecular formula is C29H32N4O2S2. The maximum absolute atomic E-state index is 12.6. The quantitative estimate of drug-likeness (QED) is 0.356. The Balaban J connectivity index is 1.12. The third-order valence-electron chi connectivity index (χ3n) is 7.80. The van der Waals surface area contributed by atoms with Crippen molar-refractivity contribution < 1.29 is 4.74 Å². The number of ether oxygens (including phenoxy) is 1. The van der Waals surface area contributed by atoms with Gasteiger partial charge in [0.15, 0.2) is 0 Å². The first kappa shape index (κ1) is 23.7. The highest BCUT2D eigenvalue weighted by molar-refractivity contribution is 8.05. The minimum atomic E-state index is -0.0623. The van der Waals surface area contributed by atoms with Gasteiger partial charge in [0.05, 0.1) is 24.9 Å². The molecule has 0 radical (unpaired) electrons. The topological polar surface area (TPSA) is 51.6 Å². The van der Waals surface area contributed by atoms with E-state index in [-0.39, 0.29) is 5.56 Å². The summed E-state index contributed by atoms with van der Waals surface area (Å²) in [5.41, 5.74) is 4.22. The number of pyridine rings is 1. The fourth-order valence-electron chi connectivity index (χ4n) is 5.75. The molecule has 7 rings (SSSR count). The standard InChI is InChI=1S/C29H32N4O2S2/c34-28-17-21(32-11-13-35-14-12-32)15-24(30-28)23-5-4-6-26-29(23)37-25-8-7-20(16-27(25)36-26)33-19-22(33)18-31-9-2-1-3-10-31/h4-8,15-17,22H,1-3,9-14,18-19H2,(H,30,34). The third kappa shape index (κ3) is 4.92. The number of morpholine rings is 1. The van der Waals surface area contributed by atoms with Crippen molar-refractivity contribution in [1.29, 1.82) is 0 Å². The molecule has 0 aliphatic carbocycles. The smallest absolute Gasteiger partial charge is 0.250 e. The number of hydrogen-bond acceptors (Lipinski definition) is 7. The SMILES string of the molecule is O=c1cc(N2CCOCC2)cc(-c2cccc3c2Sc2ccc(N4CC4CN4CCCCC4)cc2S3)[nH]1. The number of nitrogens with zero attached hydrogens (tertiary/aromatic N) is 3. The van der Waals surface area contributed by atoms with Crippen LogP contribution in [0.3, 0.4) is 0 Å². The molecule has 1 unspecified atom stereocenters. The first-order valence-electron chi connectivity index (χ1n) is 13.4. The van der Waals surface area contributed by atoms with Crippen LogP contribution in [-0.4, -0.2) is 68.4 Å². The molecule has 0 saturated carbocycles. The predicted molar refractivity (Wildman–Crippen MR) is 152 cm³/mol. The van der Waals surface area contributed by atoms with E-state index >= 15 is 0 Å². The molecule has 4 aliphatic rings. The zero-order chi connectivity index (χ0) is 24.8. The Kier molecular flexibility index (Phi) is 6.44. The maximum Gasteiger partial charge on any atom is 0.250 e. The van der Waals surface area contributed by atoms with Crippen LogP contribution in [0.5, 0.6) is 0 Å². The average Bonchev–Trinajstić information content (AvgIpc) is 3.71. The van der Waals surface area contributed by atoms with Crippen molar-refractivity contribution in [3.63, 3.8) is 0 Å². The molecule has 1 N–H and O–H groups in total. The Bertz CT molecular complexity index is 1360. The van der Waals surface area contributed by atoms with Crippen molar-refractivity contribution in [3.05, 3.63) is 58.9 Å². The van der Waals surface area contributed by atoms with Crippen LogP contribution in [0.15, 0.2) is 72.9 Å². The summed E-state index contributed by atoms with van der Waals surface area (Å²) in [7, 11) is 0. The van der Waals surface area contributed by atoms with Crippen LogP contribution in [0.25, 0.3) is 11.3 Å². The Morgan fingerprint density at radius 2 is 1.73 bits per heavy atom. The van der Waals surface area contributed by atoms with Crippen molar-refractivity contribution in [3.8, 4) is 11.3 Å². The molecular weight excluding hydrogens is 500 g/mol. The number of benzene rings is 2. The average molecular weight is 533 g/mol. The van der Waals surface area contributed by atoms with Gasteiger partial charge < -0.3 is 24.4 Å². The maximum atomic E-state index is 12.6. The summed E-state index contributed by atoms with van der Waals surface area (Å²) < 4.78 is 5.50. The molecule has 0 bridgehead atoms. The summed E-state index contributed by atoms with van der Waals surface area (Å²) >= 11 is 3.67. The van der Waals surface area contributed by atoms with Gasteiger partial charge in [0.2, 0.25) is 5.56 Å². The van der Waals surface area contributed by atoms with Crippen molar-refractivity contribution in [2.75, 3.05) is 62.3 Å². The van der Waals surface area contributed by atoms with Crippen molar-refractivity contribution in [2.24, 2.45) is 0 Å². The molecule has 3 fully saturated rings. The molecule has 8 heteroatoms. The second kappa shape index (κ2) is 10.1. The van der Waals surface area contributed by atoms with Crippen molar-refractivity contribution in [1.82, 2.24) is 9.88 Å². The van der Waals surface area contributed by atoms with Gasteiger partial charge in [-0.2, -0.15) is 0 Å². The first-order valence-corrected chi connectivity index (χ1v) is 15.0. The molecule has 6 nitrogen and oxygen atoms in total. The lowest BCUT2D eigenvalue weighted by atomic mass is 10.1. The van der Waals surface area contributed by atoms with Gasteiger partial charge in [-0.3, -0.25) is 4.79 Å². The van der Waals surface area contributed by atoms with Gasteiger partial charge in [0, 0.05) is 68.8 Å². The van der Waals surface area contributed by atoms with E-state index in [0.29, 0.717) is 19.3 Å². The number of aromatic amines is 1. The highest BCUT2D eigenvalue weighted by Crippen LogP contribution is 2.52. The lowest BCUT2D eigenvalue weighted by Gasteiger charge is -2.29. The van der Waals surface area contributed by atoms with Crippen LogP contribution in [0.1, 0.15) is 19.3 Å². The molecule has 1 aromatic heterocycles. The predicted octanol–water partition coefficient (Wildman–Crippen LogP) is 5.17. The van der Waals surface area contributed by atoms with Crippen molar-refractivity contribution in [2.45, 2.75) is 44.9 Å². The summed E-state index contributed by atoms with van der Waals surface area (Å²) in [6.07, 6.45) is 4.10. The lowest BCUT2D eigenvalue weighted by molar-refractivity contribution is 0.122. The summed E-state index contributed by atoms with van der Waals surface area (Å²) in [5.74, 6) is 0. The summed E-state index contributed by atoms with van der Waals surface area (Å²) in [6, 6.07) is 17.9. The van der Waals surface area contributed by atoms with E-state index in [2.05, 4.69) is 62.1 Å². The number of aromatic nitrogens is 1. The molecule has 3 aromatic rings. The molecule has 37 heavy (non-hydrogen) atoms. The van der Waals surface area contributed by atoms with Crippen LogP contribution in [-0.2, 0) is 4.74 Å². The fourth-order valence-corrected chi connectivity index (χ4v) is 8.16. The molecule has 2 aromatic carbocycles. The normalized spacial score (nSPS) is 21.5. The Labute approximate surface area is 226 Å². The zero-order valence-electron chi connectivity index (χ0n) is 20.9. The molecule has 5 heterocycles. The third-order valence-corrected chi connectivity index (χ3v) is 10.4. The van der Waals surface area contributed by atoms with E-state index in [1.54, 1.807) is 6.07 Å². The van der Waals surface area contributed by atoms with Gasteiger partial charge in [-0.25, -0.2) is 0 Å². The van der Waals surface area contributed by atoms with E-state index < -0.39 is 0 Å². The second-order valence-corrected chi connectivity index (χ2v) is 12.5. The largest absolute Gasteiger partial charge is 0.378 e. The lowest BCUT2D eigenvalue weighted by Crippen LogP contribution is -2.36. The minimum Gasteiger partial charge on any atom is -0.378 e. The van der Waals surface area contributed by atoms with E-state index in [1.807, 2.05) is 23.5 Å². The Morgan fingerprint density at radius 3 is 2.59 bits per heavy atom. The highest BCUT2D eigenvalue weighted by Gasteiger charge is 2.36.